The molecule has 27 heavy (non-hydrogen) atoms. The van der Waals surface area contributed by atoms with E-state index in [2.05, 4.69) is 23.2 Å². The van der Waals surface area contributed by atoms with E-state index in [1.807, 2.05) is 48.5 Å². The third-order valence-electron chi connectivity index (χ3n) is 5.15. The summed E-state index contributed by atoms with van der Waals surface area (Å²) in [5.41, 5.74) is 10.6. The van der Waals surface area contributed by atoms with Crippen LogP contribution in [-0.4, -0.2) is 24.1 Å². The molecule has 3 aromatic rings. The van der Waals surface area contributed by atoms with Crippen molar-refractivity contribution in [2.45, 2.75) is 25.8 Å². The Morgan fingerprint density at radius 2 is 1.81 bits per heavy atom. The number of para-hydroxylation sites is 1. The summed E-state index contributed by atoms with van der Waals surface area (Å²) in [5.74, 6) is 0.602. The Morgan fingerprint density at radius 1 is 1.11 bits per heavy atom. The molecule has 1 fully saturated rings. The number of nitrogens with zero attached hydrogens (tertiary/aromatic N) is 3. The number of piperidine rings is 1. The monoisotopic (exact) mass is 357 g/mol. The lowest BCUT2D eigenvalue weighted by molar-refractivity contribution is 0.502. The van der Waals surface area contributed by atoms with Gasteiger partial charge >= 0.3 is 0 Å². The maximum atomic E-state index is 9.98. The van der Waals surface area contributed by atoms with Crippen LogP contribution < -0.4 is 16.0 Å². The van der Waals surface area contributed by atoms with E-state index in [-0.39, 0.29) is 6.04 Å². The molecule has 3 N–H and O–H groups in total. The van der Waals surface area contributed by atoms with Crippen LogP contribution in [0.1, 0.15) is 24.0 Å². The van der Waals surface area contributed by atoms with Gasteiger partial charge in [0.1, 0.15) is 11.6 Å². The minimum atomic E-state index is 0.241. The lowest BCUT2D eigenvalue weighted by Crippen LogP contribution is -2.40. The lowest BCUT2D eigenvalue weighted by atomic mass is 10.0. The van der Waals surface area contributed by atoms with Crippen LogP contribution in [0.2, 0.25) is 0 Å². The summed E-state index contributed by atoms with van der Waals surface area (Å²) in [6.45, 7) is 3.76. The van der Waals surface area contributed by atoms with Crippen molar-refractivity contribution in [2.24, 2.45) is 5.73 Å². The Labute approximate surface area is 159 Å². The third kappa shape index (κ3) is 3.44. The number of hydrogen-bond acceptors (Lipinski definition) is 5. The highest BCUT2D eigenvalue weighted by molar-refractivity contribution is 5.98. The molecule has 1 saturated heterocycles. The standard InChI is InChI=1S/C22H23N5/c1-15-6-8-17(9-7-15)25-22-19(14-23)21(27-12-10-16(24)11-13-27)18-4-2-3-5-20(18)26-22/h2-9,16H,10-13,24H2,1H3,(H,25,26). The number of anilines is 3. The van der Waals surface area contributed by atoms with Gasteiger partial charge < -0.3 is 16.0 Å². The van der Waals surface area contributed by atoms with Gasteiger partial charge in [0.2, 0.25) is 0 Å². The molecule has 0 bridgehead atoms. The van der Waals surface area contributed by atoms with Gasteiger partial charge in [0.05, 0.1) is 11.2 Å². The smallest absolute Gasteiger partial charge is 0.151 e. The van der Waals surface area contributed by atoms with Gasteiger partial charge in [-0.1, -0.05) is 35.9 Å². The minimum Gasteiger partial charge on any atom is -0.370 e. The minimum absolute atomic E-state index is 0.241. The third-order valence-corrected chi connectivity index (χ3v) is 5.15. The number of benzene rings is 2. The molecule has 0 atom stereocenters. The number of aryl methyl sites for hydroxylation is 1. The predicted octanol–water partition coefficient (Wildman–Crippen LogP) is 4.09. The van der Waals surface area contributed by atoms with Crippen LogP contribution in [0.3, 0.4) is 0 Å². The van der Waals surface area contributed by atoms with E-state index < -0.39 is 0 Å². The number of nitrogens with one attached hydrogen (secondary N) is 1. The van der Waals surface area contributed by atoms with Crippen LogP contribution in [0.5, 0.6) is 0 Å². The molecular weight excluding hydrogens is 334 g/mol. The van der Waals surface area contributed by atoms with Crippen LogP contribution >= 0.6 is 0 Å². The molecule has 1 aromatic heterocycles. The Hall–Kier alpha value is -3.10. The first-order valence-corrected chi connectivity index (χ1v) is 9.33. The van der Waals surface area contributed by atoms with E-state index in [1.54, 1.807) is 0 Å². The van der Waals surface area contributed by atoms with Crippen molar-refractivity contribution in [1.82, 2.24) is 4.98 Å². The Bertz CT molecular complexity index is 996. The summed E-state index contributed by atoms with van der Waals surface area (Å²) in [6, 6.07) is 18.8. The summed E-state index contributed by atoms with van der Waals surface area (Å²) in [5, 5.41) is 14.3. The van der Waals surface area contributed by atoms with Crippen LogP contribution in [0.15, 0.2) is 48.5 Å². The fourth-order valence-electron chi connectivity index (χ4n) is 3.62. The highest BCUT2D eigenvalue weighted by Crippen LogP contribution is 2.36. The van der Waals surface area contributed by atoms with Gasteiger partial charge in [-0.25, -0.2) is 4.98 Å². The highest BCUT2D eigenvalue weighted by Gasteiger charge is 2.23. The van der Waals surface area contributed by atoms with E-state index >= 15 is 0 Å². The van der Waals surface area contributed by atoms with E-state index in [0.717, 1.165) is 48.2 Å². The Morgan fingerprint density at radius 3 is 2.52 bits per heavy atom. The van der Waals surface area contributed by atoms with E-state index in [0.29, 0.717) is 11.4 Å². The van der Waals surface area contributed by atoms with Crippen molar-refractivity contribution in [2.75, 3.05) is 23.3 Å². The fourth-order valence-corrected chi connectivity index (χ4v) is 3.62. The molecular formula is C22H23N5. The molecule has 1 aliphatic rings. The average molecular weight is 357 g/mol. The molecule has 2 heterocycles. The zero-order valence-corrected chi connectivity index (χ0v) is 15.4. The molecule has 1 aliphatic heterocycles. The van der Waals surface area contributed by atoms with Crippen LogP contribution in [-0.2, 0) is 0 Å². The maximum absolute atomic E-state index is 9.98. The average Bonchev–Trinajstić information content (AvgIpc) is 2.69. The fraction of sp³-hybridized carbons (Fsp3) is 0.273. The lowest BCUT2D eigenvalue weighted by Gasteiger charge is -2.33. The highest BCUT2D eigenvalue weighted by atomic mass is 15.2. The van der Waals surface area contributed by atoms with Gasteiger partial charge in [0.25, 0.3) is 0 Å². The number of fused-ring (bicyclic) bond motifs is 1. The molecule has 136 valence electrons. The van der Waals surface area contributed by atoms with Crippen LogP contribution in [0.4, 0.5) is 17.2 Å². The van der Waals surface area contributed by atoms with Crippen molar-refractivity contribution in [3.05, 3.63) is 59.7 Å². The molecule has 0 spiro atoms. The van der Waals surface area contributed by atoms with Gasteiger partial charge in [-0.05, 0) is 38.0 Å². The Balaban J connectivity index is 1.84. The van der Waals surface area contributed by atoms with Gasteiger partial charge in [-0.15, -0.1) is 0 Å². The molecule has 0 saturated carbocycles. The maximum Gasteiger partial charge on any atom is 0.151 e. The van der Waals surface area contributed by atoms with Crippen molar-refractivity contribution < 1.29 is 0 Å². The van der Waals surface area contributed by atoms with Crippen molar-refractivity contribution in [1.29, 1.82) is 5.26 Å². The summed E-state index contributed by atoms with van der Waals surface area (Å²) < 4.78 is 0. The molecule has 5 nitrogen and oxygen atoms in total. The Kier molecular flexibility index (Phi) is 4.66. The summed E-state index contributed by atoms with van der Waals surface area (Å²) >= 11 is 0. The molecule has 2 aromatic carbocycles. The zero-order chi connectivity index (χ0) is 18.8. The molecule has 5 heteroatoms. The molecule has 0 amide bonds. The summed E-state index contributed by atoms with van der Waals surface area (Å²) in [6.07, 6.45) is 1.87. The first kappa shape index (κ1) is 17.3. The molecule has 4 rings (SSSR count). The topological polar surface area (TPSA) is 78.0 Å². The van der Waals surface area contributed by atoms with Crippen molar-refractivity contribution in [3.8, 4) is 6.07 Å². The number of rotatable bonds is 3. The first-order valence-electron chi connectivity index (χ1n) is 9.33. The molecule has 0 radical (unpaired) electrons. The van der Waals surface area contributed by atoms with Gasteiger partial charge in [-0.3, -0.25) is 0 Å². The molecule has 0 aliphatic carbocycles. The zero-order valence-electron chi connectivity index (χ0n) is 15.4. The largest absolute Gasteiger partial charge is 0.370 e. The second-order valence-corrected chi connectivity index (χ2v) is 7.13. The normalized spacial score (nSPS) is 14.9. The second kappa shape index (κ2) is 7.26. The number of aromatic nitrogens is 1. The van der Waals surface area contributed by atoms with Crippen LogP contribution in [0, 0.1) is 18.3 Å². The number of nitrogens with two attached hydrogens (primary N) is 1. The van der Waals surface area contributed by atoms with E-state index in [4.69, 9.17) is 10.7 Å². The number of pyridine rings is 1. The SMILES string of the molecule is Cc1ccc(Nc2nc3ccccc3c(N3CCC(N)CC3)c2C#N)cc1. The molecule has 0 unspecified atom stereocenters. The predicted molar refractivity (Wildman–Crippen MR) is 110 cm³/mol. The summed E-state index contributed by atoms with van der Waals surface area (Å²) in [4.78, 5) is 7.03. The van der Waals surface area contributed by atoms with Crippen molar-refractivity contribution in [3.63, 3.8) is 0 Å². The van der Waals surface area contributed by atoms with Gasteiger partial charge in [0, 0.05) is 30.2 Å². The van der Waals surface area contributed by atoms with Crippen molar-refractivity contribution >= 4 is 28.1 Å². The van der Waals surface area contributed by atoms with E-state index in [1.165, 1.54) is 5.56 Å². The quantitative estimate of drug-likeness (QED) is 0.738. The van der Waals surface area contributed by atoms with E-state index in [9.17, 15) is 5.26 Å². The van der Waals surface area contributed by atoms with Gasteiger partial charge in [-0.2, -0.15) is 5.26 Å². The summed E-state index contributed by atoms with van der Waals surface area (Å²) in [7, 11) is 0. The first-order chi connectivity index (χ1) is 13.2. The number of nitriles is 1. The number of hydrogen-bond donors (Lipinski definition) is 2. The second-order valence-electron chi connectivity index (χ2n) is 7.13. The van der Waals surface area contributed by atoms with Crippen LogP contribution in [0.25, 0.3) is 10.9 Å². The van der Waals surface area contributed by atoms with Gasteiger partial charge in [0.15, 0.2) is 5.82 Å².